The number of nitrogens with one attached hydrogen (secondary N) is 3. The van der Waals surface area contributed by atoms with E-state index in [2.05, 4.69) is 36.7 Å². The molecule has 27 heavy (non-hydrogen) atoms. The van der Waals surface area contributed by atoms with Gasteiger partial charge in [0.1, 0.15) is 5.60 Å². The second-order valence-electron chi connectivity index (χ2n) is 8.93. The van der Waals surface area contributed by atoms with Crippen molar-refractivity contribution in [2.75, 3.05) is 19.6 Å². The van der Waals surface area contributed by atoms with Crippen molar-refractivity contribution in [3.8, 4) is 0 Å². The van der Waals surface area contributed by atoms with Gasteiger partial charge in [0.15, 0.2) is 0 Å². The van der Waals surface area contributed by atoms with E-state index < -0.39 is 11.7 Å². The highest BCUT2D eigenvalue weighted by atomic mass is 16.6. The number of rotatable bonds is 7. The van der Waals surface area contributed by atoms with Crippen LogP contribution in [0.5, 0.6) is 0 Å². The molecule has 1 rings (SSSR count). The molecule has 3 amide bonds. The van der Waals surface area contributed by atoms with E-state index in [9.17, 15) is 14.4 Å². The summed E-state index contributed by atoms with van der Waals surface area (Å²) < 4.78 is 5.06. The van der Waals surface area contributed by atoms with Crippen molar-refractivity contribution in [2.45, 2.75) is 66.4 Å². The van der Waals surface area contributed by atoms with E-state index in [1.807, 2.05) is 0 Å². The summed E-state index contributed by atoms with van der Waals surface area (Å²) in [4.78, 5) is 35.8. The molecule has 156 valence electrons. The second-order valence-corrected chi connectivity index (χ2v) is 8.93. The molecule has 1 saturated carbocycles. The molecule has 1 aliphatic rings. The summed E-state index contributed by atoms with van der Waals surface area (Å²) in [5.74, 6) is 1.32. The molecule has 3 N–H and O–H groups in total. The van der Waals surface area contributed by atoms with Crippen molar-refractivity contribution in [3.05, 3.63) is 0 Å². The molecular formula is C20H37N3O4. The highest BCUT2D eigenvalue weighted by molar-refractivity contribution is 5.82. The molecule has 7 nitrogen and oxygen atoms in total. The molecule has 3 atom stereocenters. The van der Waals surface area contributed by atoms with Gasteiger partial charge in [0.2, 0.25) is 11.8 Å². The highest BCUT2D eigenvalue weighted by Gasteiger charge is 2.35. The van der Waals surface area contributed by atoms with Crippen LogP contribution in [0.3, 0.4) is 0 Å². The Morgan fingerprint density at radius 1 is 1.04 bits per heavy atom. The molecule has 0 aromatic heterocycles. The Labute approximate surface area is 163 Å². The van der Waals surface area contributed by atoms with E-state index in [0.29, 0.717) is 30.8 Å². The van der Waals surface area contributed by atoms with Crippen LogP contribution in [0.1, 0.15) is 60.8 Å². The van der Waals surface area contributed by atoms with Gasteiger partial charge in [-0.3, -0.25) is 9.59 Å². The zero-order chi connectivity index (χ0) is 20.6. The van der Waals surface area contributed by atoms with Crippen molar-refractivity contribution in [1.29, 1.82) is 0 Å². The predicted molar refractivity (Wildman–Crippen MR) is 105 cm³/mol. The van der Waals surface area contributed by atoms with E-state index in [-0.39, 0.29) is 24.3 Å². The van der Waals surface area contributed by atoms with Gasteiger partial charge in [0.05, 0.1) is 6.54 Å². The number of ether oxygens (including phenoxy) is 1. The van der Waals surface area contributed by atoms with E-state index in [1.165, 1.54) is 6.42 Å². The second kappa shape index (κ2) is 10.5. The number of hydrogen-bond donors (Lipinski definition) is 3. The summed E-state index contributed by atoms with van der Waals surface area (Å²) >= 11 is 0. The van der Waals surface area contributed by atoms with Crippen LogP contribution in [0.25, 0.3) is 0 Å². The molecule has 0 heterocycles. The van der Waals surface area contributed by atoms with Crippen LogP contribution in [0.2, 0.25) is 0 Å². The summed E-state index contributed by atoms with van der Waals surface area (Å²) in [6.45, 7) is 12.4. The predicted octanol–water partition coefficient (Wildman–Crippen LogP) is 2.45. The smallest absolute Gasteiger partial charge is 0.408 e. The fourth-order valence-electron chi connectivity index (χ4n) is 3.55. The van der Waals surface area contributed by atoms with Gasteiger partial charge in [-0.1, -0.05) is 27.2 Å². The van der Waals surface area contributed by atoms with Crippen LogP contribution in [0, 0.1) is 23.7 Å². The monoisotopic (exact) mass is 383 g/mol. The molecule has 1 aliphatic carbocycles. The highest BCUT2D eigenvalue weighted by Crippen LogP contribution is 2.37. The Morgan fingerprint density at radius 3 is 2.26 bits per heavy atom. The van der Waals surface area contributed by atoms with E-state index in [4.69, 9.17) is 4.74 Å². The first-order valence-corrected chi connectivity index (χ1v) is 10.0. The zero-order valence-electron chi connectivity index (χ0n) is 17.7. The summed E-state index contributed by atoms with van der Waals surface area (Å²) in [6.07, 6.45) is 2.59. The first kappa shape index (κ1) is 23.2. The fraction of sp³-hybridized carbons (Fsp3) is 0.850. The molecule has 0 aromatic rings. The average molecular weight is 384 g/mol. The standard InChI is InChI=1S/C20H37N3O4/c1-13(2)15-8-7-14(3)11-16(15)18(25)22-10-9-21-17(24)12-23-19(26)27-20(4,5)6/h13-16H,7-12H2,1-6H3,(H,21,24)(H,22,25)(H,23,26)/t14-,15+,16-/m1/s1. The number of carbonyl (C=O) groups excluding carboxylic acids is 3. The summed E-state index contributed by atoms with van der Waals surface area (Å²) in [7, 11) is 0. The van der Waals surface area contributed by atoms with Crippen molar-refractivity contribution in [2.24, 2.45) is 23.7 Å². The molecule has 0 aromatic carbocycles. The molecule has 0 unspecified atom stereocenters. The van der Waals surface area contributed by atoms with Crippen molar-refractivity contribution in [1.82, 2.24) is 16.0 Å². The third-order valence-corrected chi connectivity index (χ3v) is 4.90. The molecule has 0 spiro atoms. The molecule has 0 saturated heterocycles. The average Bonchev–Trinajstić information content (AvgIpc) is 2.54. The first-order valence-electron chi connectivity index (χ1n) is 10.0. The topological polar surface area (TPSA) is 96.5 Å². The lowest BCUT2D eigenvalue weighted by molar-refractivity contribution is -0.129. The Balaban J connectivity index is 2.27. The molecule has 1 fully saturated rings. The van der Waals surface area contributed by atoms with Crippen LogP contribution >= 0.6 is 0 Å². The minimum absolute atomic E-state index is 0.0540. The zero-order valence-corrected chi connectivity index (χ0v) is 17.7. The lowest BCUT2D eigenvalue weighted by Gasteiger charge is -2.36. The van der Waals surface area contributed by atoms with Gasteiger partial charge in [-0.15, -0.1) is 0 Å². The number of alkyl carbamates (subject to hydrolysis) is 1. The van der Waals surface area contributed by atoms with Gasteiger partial charge in [-0.2, -0.15) is 0 Å². The number of amides is 3. The summed E-state index contributed by atoms with van der Waals surface area (Å²) in [5.41, 5.74) is -0.602. The molecule has 0 bridgehead atoms. The SMILES string of the molecule is CC(C)[C@@H]1CC[C@@H](C)C[C@H]1C(=O)NCCNC(=O)CNC(=O)OC(C)(C)C. The maximum atomic E-state index is 12.6. The van der Waals surface area contributed by atoms with Gasteiger partial charge in [-0.25, -0.2) is 4.79 Å². The quantitative estimate of drug-likeness (QED) is 0.588. The maximum absolute atomic E-state index is 12.6. The van der Waals surface area contributed by atoms with Gasteiger partial charge in [-0.05, 0) is 51.4 Å². The number of hydrogen-bond acceptors (Lipinski definition) is 4. The first-order chi connectivity index (χ1) is 12.5. The summed E-state index contributed by atoms with van der Waals surface area (Å²) in [5, 5.41) is 8.02. The lowest BCUT2D eigenvalue weighted by atomic mass is 9.70. The van der Waals surface area contributed by atoms with Crippen LogP contribution in [-0.4, -0.2) is 43.1 Å². The normalized spacial score (nSPS) is 22.9. The molecule has 7 heteroatoms. The van der Waals surface area contributed by atoms with Gasteiger partial charge < -0.3 is 20.7 Å². The van der Waals surface area contributed by atoms with Gasteiger partial charge in [0, 0.05) is 19.0 Å². The van der Waals surface area contributed by atoms with Crippen molar-refractivity contribution < 1.29 is 19.1 Å². The molecule has 0 radical (unpaired) electrons. The van der Waals surface area contributed by atoms with Crippen LogP contribution < -0.4 is 16.0 Å². The third kappa shape index (κ3) is 9.11. The van der Waals surface area contributed by atoms with Gasteiger partial charge in [0.25, 0.3) is 0 Å². The Morgan fingerprint density at radius 2 is 1.67 bits per heavy atom. The Bertz CT molecular complexity index is 514. The largest absolute Gasteiger partial charge is 0.444 e. The maximum Gasteiger partial charge on any atom is 0.408 e. The van der Waals surface area contributed by atoms with Crippen LogP contribution in [0.15, 0.2) is 0 Å². The minimum Gasteiger partial charge on any atom is -0.444 e. The van der Waals surface area contributed by atoms with Crippen molar-refractivity contribution in [3.63, 3.8) is 0 Å². The summed E-state index contributed by atoms with van der Waals surface area (Å²) in [6, 6.07) is 0. The fourth-order valence-corrected chi connectivity index (χ4v) is 3.55. The van der Waals surface area contributed by atoms with Crippen LogP contribution in [0.4, 0.5) is 4.79 Å². The molecular weight excluding hydrogens is 346 g/mol. The van der Waals surface area contributed by atoms with Crippen LogP contribution in [-0.2, 0) is 14.3 Å². The third-order valence-electron chi connectivity index (χ3n) is 4.90. The molecule has 0 aliphatic heterocycles. The Kier molecular flexibility index (Phi) is 9.06. The van der Waals surface area contributed by atoms with E-state index in [0.717, 1.165) is 12.8 Å². The van der Waals surface area contributed by atoms with Crippen molar-refractivity contribution >= 4 is 17.9 Å². The number of carbonyl (C=O) groups is 3. The van der Waals surface area contributed by atoms with E-state index in [1.54, 1.807) is 20.8 Å². The minimum atomic E-state index is -0.628. The van der Waals surface area contributed by atoms with E-state index >= 15 is 0 Å². The van der Waals surface area contributed by atoms with Gasteiger partial charge >= 0.3 is 6.09 Å². The Hall–Kier alpha value is -1.79. The lowest BCUT2D eigenvalue weighted by Crippen LogP contribution is -2.44.